The van der Waals surface area contributed by atoms with Gasteiger partial charge in [-0.05, 0) is 19.1 Å². The Hall–Kier alpha value is -2.50. The van der Waals surface area contributed by atoms with Gasteiger partial charge in [-0.25, -0.2) is 9.97 Å². The molecule has 6 nitrogen and oxygen atoms in total. The van der Waals surface area contributed by atoms with E-state index in [-0.39, 0.29) is 11.6 Å². The molecule has 2 aromatic rings. The van der Waals surface area contributed by atoms with Crippen LogP contribution >= 0.6 is 0 Å². The Labute approximate surface area is 97.9 Å². The van der Waals surface area contributed by atoms with Gasteiger partial charge in [0.2, 0.25) is 0 Å². The summed E-state index contributed by atoms with van der Waals surface area (Å²) < 4.78 is 0. The lowest BCUT2D eigenvalue weighted by Gasteiger charge is -2.04. The van der Waals surface area contributed by atoms with Gasteiger partial charge in [-0.2, -0.15) is 0 Å². The second kappa shape index (κ2) is 4.56. The lowest BCUT2D eigenvalue weighted by Crippen LogP contribution is -2.14. The summed E-state index contributed by atoms with van der Waals surface area (Å²) in [7, 11) is 0. The van der Waals surface area contributed by atoms with Gasteiger partial charge < -0.3 is 11.1 Å². The third-order valence-electron chi connectivity index (χ3n) is 2.06. The minimum Gasteiger partial charge on any atom is -0.384 e. The minimum atomic E-state index is -0.330. The molecule has 0 aliphatic carbocycles. The van der Waals surface area contributed by atoms with Crippen molar-refractivity contribution in [2.45, 2.75) is 6.92 Å². The van der Waals surface area contributed by atoms with Crippen LogP contribution in [0.25, 0.3) is 0 Å². The first-order valence-corrected chi connectivity index (χ1v) is 4.96. The summed E-state index contributed by atoms with van der Waals surface area (Å²) in [5, 5.41) is 2.65. The molecule has 0 radical (unpaired) electrons. The fraction of sp³-hybridized carbons (Fsp3) is 0.0909. The summed E-state index contributed by atoms with van der Waals surface area (Å²) >= 11 is 0. The molecule has 0 bridgehead atoms. The van der Waals surface area contributed by atoms with Gasteiger partial charge in [0.25, 0.3) is 5.91 Å². The van der Waals surface area contributed by atoms with E-state index in [4.69, 9.17) is 5.73 Å². The quantitative estimate of drug-likeness (QED) is 0.801. The van der Waals surface area contributed by atoms with Crippen LogP contribution in [0.3, 0.4) is 0 Å². The molecule has 2 aromatic heterocycles. The molecule has 2 rings (SSSR count). The molecule has 2 heterocycles. The largest absolute Gasteiger partial charge is 0.384 e. The molecule has 0 unspecified atom stereocenters. The van der Waals surface area contributed by atoms with E-state index >= 15 is 0 Å². The van der Waals surface area contributed by atoms with Gasteiger partial charge in [0.15, 0.2) is 0 Å². The van der Waals surface area contributed by atoms with E-state index in [0.29, 0.717) is 11.5 Å². The predicted octanol–water partition coefficient (Wildman–Crippen LogP) is 1.01. The van der Waals surface area contributed by atoms with Gasteiger partial charge in [0.1, 0.15) is 11.5 Å². The second-order valence-corrected chi connectivity index (χ2v) is 3.47. The molecule has 17 heavy (non-hydrogen) atoms. The highest BCUT2D eigenvalue weighted by molar-refractivity contribution is 6.02. The van der Waals surface area contributed by atoms with Gasteiger partial charge in [-0.3, -0.25) is 9.78 Å². The molecule has 0 saturated carbocycles. The molecule has 86 valence electrons. The van der Waals surface area contributed by atoms with Crippen molar-refractivity contribution in [3.05, 3.63) is 42.1 Å². The number of carbonyl (C=O) groups is 1. The van der Waals surface area contributed by atoms with Crippen LogP contribution in [0.15, 0.2) is 30.7 Å². The van der Waals surface area contributed by atoms with Gasteiger partial charge in [0.05, 0.1) is 23.8 Å². The molecule has 0 spiro atoms. The molecule has 0 aliphatic rings. The zero-order valence-electron chi connectivity index (χ0n) is 9.21. The van der Waals surface area contributed by atoms with Gasteiger partial charge in [-0.1, -0.05) is 0 Å². The summed E-state index contributed by atoms with van der Waals surface area (Å²) in [4.78, 5) is 23.6. The first-order valence-electron chi connectivity index (χ1n) is 4.96. The number of nitrogen functional groups attached to an aromatic ring is 1. The number of aromatic nitrogens is 3. The molecule has 6 heteroatoms. The Balaban J connectivity index is 2.11. The normalized spacial score (nSPS) is 9.94. The number of rotatable bonds is 2. The standard InChI is InChI=1S/C11H11N5O/c1-7-4-14-9(6-13-7)11(17)16-8-2-3-10(12)15-5-8/h2-6H,1H3,(H2,12,15)(H,16,17). The Morgan fingerprint density at radius 1 is 1.18 bits per heavy atom. The number of anilines is 2. The Kier molecular flexibility index (Phi) is 2.95. The van der Waals surface area contributed by atoms with Crippen LogP contribution in [0.4, 0.5) is 11.5 Å². The highest BCUT2D eigenvalue weighted by Crippen LogP contribution is 2.08. The fourth-order valence-electron chi connectivity index (χ4n) is 1.18. The Morgan fingerprint density at radius 3 is 2.59 bits per heavy atom. The summed E-state index contributed by atoms with van der Waals surface area (Å²) in [5.74, 6) is 0.0715. The lowest BCUT2D eigenvalue weighted by molar-refractivity contribution is 0.102. The maximum atomic E-state index is 11.7. The van der Waals surface area contributed by atoms with E-state index in [1.807, 2.05) is 0 Å². The van der Waals surface area contributed by atoms with Crippen LogP contribution in [0.5, 0.6) is 0 Å². The predicted molar refractivity (Wildman–Crippen MR) is 63.4 cm³/mol. The lowest BCUT2D eigenvalue weighted by atomic mass is 10.3. The maximum Gasteiger partial charge on any atom is 0.275 e. The maximum absolute atomic E-state index is 11.7. The van der Waals surface area contributed by atoms with Crippen molar-refractivity contribution in [1.82, 2.24) is 15.0 Å². The van der Waals surface area contributed by atoms with Crippen molar-refractivity contribution >= 4 is 17.4 Å². The molecular weight excluding hydrogens is 218 g/mol. The first-order chi connectivity index (χ1) is 8.15. The molecule has 0 fully saturated rings. The van der Waals surface area contributed by atoms with Gasteiger partial charge >= 0.3 is 0 Å². The summed E-state index contributed by atoms with van der Waals surface area (Å²) in [6, 6.07) is 3.28. The average Bonchev–Trinajstić information content (AvgIpc) is 2.33. The third-order valence-corrected chi connectivity index (χ3v) is 2.06. The first kappa shape index (κ1) is 11.0. The number of nitrogens with zero attached hydrogens (tertiary/aromatic N) is 3. The van der Waals surface area contributed by atoms with E-state index in [2.05, 4.69) is 20.3 Å². The zero-order chi connectivity index (χ0) is 12.3. The second-order valence-electron chi connectivity index (χ2n) is 3.47. The molecule has 0 aromatic carbocycles. The topological polar surface area (TPSA) is 93.8 Å². The number of hydrogen-bond donors (Lipinski definition) is 2. The molecule has 3 N–H and O–H groups in total. The molecular formula is C11H11N5O. The number of hydrogen-bond acceptors (Lipinski definition) is 5. The van der Waals surface area contributed by atoms with Crippen LogP contribution in [-0.4, -0.2) is 20.9 Å². The van der Waals surface area contributed by atoms with Crippen LogP contribution in [0, 0.1) is 6.92 Å². The SMILES string of the molecule is Cc1cnc(C(=O)Nc2ccc(N)nc2)cn1. The molecule has 1 amide bonds. The highest BCUT2D eigenvalue weighted by Gasteiger charge is 2.07. The van der Waals surface area contributed by atoms with E-state index in [1.165, 1.54) is 18.6 Å². The zero-order valence-corrected chi connectivity index (χ0v) is 9.21. The smallest absolute Gasteiger partial charge is 0.275 e. The average molecular weight is 229 g/mol. The van der Waals surface area contributed by atoms with Crippen molar-refractivity contribution < 1.29 is 4.79 Å². The van der Waals surface area contributed by atoms with Gasteiger partial charge in [-0.15, -0.1) is 0 Å². The van der Waals surface area contributed by atoms with Crippen LogP contribution in [0.2, 0.25) is 0 Å². The Morgan fingerprint density at radius 2 is 2.00 bits per heavy atom. The number of aryl methyl sites for hydroxylation is 1. The van der Waals surface area contributed by atoms with Crippen molar-refractivity contribution in [2.24, 2.45) is 0 Å². The van der Waals surface area contributed by atoms with E-state index in [0.717, 1.165) is 5.69 Å². The number of nitrogens with two attached hydrogens (primary N) is 1. The number of amides is 1. The van der Waals surface area contributed by atoms with Gasteiger partial charge in [0, 0.05) is 6.20 Å². The summed E-state index contributed by atoms with van der Waals surface area (Å²) in [6.45, 7) is 1.80. The number of pyridine rings is 1. The number of carbonyl (C=O) groups excluding carboxylic acids is 1. The summed E-state index contributed by atoms with van der Waals surface area (Å²) in [6.07, 6.45) is 4.44. The minimum absolute atomic E-state index is 0.257. The monoisotopic (exact) mass is 229 g/mol. The van der Waals surface area contributed by atoms with Crippen molar-refractivity contribution in [2.75, 3.05) is 11.1 Å². The van der Waals surface area contributed by atoms with Crippen LogP contribution in [0.1, 0.15) is 16.2 Å². The fourth-order valence-corrected chi connectivity index (χ4v) is 1.18. The van der Waals surface area contributed by atoms with Crippen molar-refractivity contribution in [3.8, 4) is 0 Å². The molecule has 0 atom stereocenters. The Bertz CT molecular complexity index is 521. The van der Waals surface area contributed by atoms with E-state index in [1.54, 1.807) is 19.1 Å². The highest BCUT2D eigenvalue weighted by atomic mass is 16.1. The summed E-state index contributed by atoms with van der Waals surface area (Å²) in [5.41, 5.74) is 7.02. The van der Waals surface area contributed by atoms with E-state index in [9.17, 15) is 4.79 Å². The van der Waals surface area contributed by atoms with E-state index < -0.39 is 0 Å². The number of nitrogens with one attached hydrogen (secondary N) is 1. The third kappa shape index (κ3) is 2.75. The van der Waals surface area contributed by atoms with Crippen molar-refractivity contribution in [3.63, 3.8) is 0 Å². The van der Waals surface area contributed by atoms with Crippen molar-refractivity contribution in [1.29, 1.82) is 0 Å². The van der Waals surface area contributed by atoms with Crippen LogP contribution < -0.4 is 11.1 Å². The molecule has 0 aliphatic heterocycles. The van der Waals surface area contributed by atoms with Crippen LogP contribution in [-0.2, 0) is 0 Å². The molecule has 0 saturated heterocycles.